The molecule has 0 bridgehead atoms. The first-order chi connectivity index (χ1) is 19.7. The zero-order chi connectivity index (χ0) is 29.4. The molecule has 2 unspecified atom stereocenters. The molecule has 41 heavy (non-hydrogen) atoms. The highest BCUT2D eigenvalue weighted by atomic mass is 35.5. The Bertz CT molecular complexity index is 1540. The predicted octanol–water partition coefficient (Wildman–Crippen LogP) is 6.45. The summed E-state index contributed by atoms with van der Waals surface area (Å²) < 4.78 is 6.06. The Kier molecular flexibility index (Phi) is 10.2. The number of hydrogen-bond donors (Lipinski definition) is 3. The quantitative estimate of drug-likeness (QED) is 0.186. The normalized spacial score (nSPS) is 12.3. The molecule has 1 aromatic heterocycles. The van der Waals surface area contributed by atoms with Crippen LogP contribution >= 0.6 is 23.2 Å². The third kappa shape index (κ3) is 8.21. The molecule has 7 nitrogen and oxygen atoms in total. The van der Waals surface area contributed by atoms with Crippen molar-refractivity contribution in [2.45, 2.75) is 38.4 Å². The molecule has 0 aliphatic heterocycles. The molecular formula is C32H30Cl2N4O3. The fourth-order valence-electron chi connectivity index (χ4n) is 4.37. The van der Waals surface area contributed by atoms with Crippen LogP contribution < -0.4 is 16.0 Å². The van der Waals surface area contributed by atoms with Crippen molar-refractivity contribution in [1.29, 1.82) is 5.26 Å². The molecule has 210 valence electrons. The van der Waals surface area contributed by atoms with Gasteiger partial charge in [-0.1, -0.05) is 47.5 Å². The predicted molar refractivity (Wildman–Crippen MR) is 161 cm³/mol. The van der Waals surface area contributed by atoms with E-state index in [9.17, 15) is 9.59 Å². The number of rotatable bonds is 11. The third-order valence-corrected chi connectivity index (χ3v) is 7.30. The number of halogens is 2. The molecule has 4 aromatic rings. The van der Waals surface area contributed by atoms with Gasteiger partial charge in [0.25, 0.3) is 5.91 Å². The summed E-state index contributed by atoms with van der Waals surface area (Å²) in [5.74, 6) is 0.747. The Balaban J connectivity index is 1.45. The number of hydrogen-bond acceptors (Lipinski definition) is 5. The molecule has 0 fully saturated rings. The molecule has 0 aliphatic rings. The van der Waals surface area contributed by atoms with Crippen molar-refractivity contribution >= 4 is 35.0 Å². The highest BCUT2D eigenvalue weighted by Gasteiger charge is 2.20. The number of nitrogens with one attached hydrogen (secondary N) is 3. The monoisotopic (exact) mass is 588 g/mol. The standard InChI is InChI=1S/C32H30Cl2N4O3/c1-20(23-7-10-25(33)11-8-23)37-19-27-12-14-30(41-27)24-9-13-29(34)28(16-24)32(40)38-26(17-31(39)36-2)15-21-3-5-22(18-35)6-4-21/h3-14,16,20,26,37H,15,17,19H2,1-2H3,(H,36,39)(H,38,40). The maximum atomic E-state index is 13.3. The van der Waals surface area contributed by atoms with Crippen LogP contribution in [0.5, 0.6) is 0 Å². The fraction of sp³-hybridized carbons (Fsp3) is 0.219. The number of furan rings is 1. The van der Waals surface area contributed by atoms with Crippen LogP contribution in [0.15, 0.2) is 83.3 Å². The van der Waals surface area contributed by atoms with Crippen LogP contribution in [0.25, 0.3) is 11.3 Å². The number of benzene rings is 3. The van der Waals surface area contributed by atoms with Gasteiger partial charge in [0, 0.05) is 36.1 Å². The molecule has 2 atom stereocenters. The molecule has 2 amide bonds. The second-order valence-corrected chi connectivity index (χ2v) is 10.5. The van der Waals surface area contributed by atoms with E-state index < -0.39 is 11.9 Å². The van der Waals surface area contributed by atoms with Gasteiger partial charge in [0.1, 0.15) is 11.5 Å². The summed E-state index contributed by atoms with van der Waals surface area (Å²) >= 11 is 12.4. The van der Waals surface area contributed by atoms with Gasteiger partial charge in [-0.05, 0) is 79.1 Å². The molecular weight excluding hydrogens is 559 g/mol. The largest absolute Gasteiger partial charge is 0.460 e. The van der Waals surface area contributed by atoms with E-state index in [4.69, 9.17) is 32.9 Å². The lowest BCUT2D eigenvalue weighted by molar-refractivity contribution is -0.121. The van der Waals surface area contributed by atoms with E-state index >= 15 is 0 Å². The first-order valence-electron chi connectivity index (χ1n) is 13.1. The summed E-state index contributed by atoms with van der Waals surface area (Å²) in [6.07, 6.45) is 0.494. The fourth-order valence-corrected chi connectivity index (χ4v) is 4.70. The lowest BCUT2D eigenvalue weighted by Crippen LogP contribution is -2.40. The Morgan fingerprint density at radius 3 is 2.39 bits per heavy atom. The van der Waals surface area contributed by atoms with Gasteiger partial charge in [0.15, 0.2) is 0 Å². The number of carbonyl (C=O) groups is 2. The Morgan fingerprint density at radius 2 is 1.71 bits per heavy atom. The van der Waals surface area contributed by atoms with Crippen LogP contribution in [-0.2, 0) is 17.8 Å². The molecule has 3 N–H and O–H groups in total. The van der Waals surface area contributed by atoms with E-state index in [1.807, 2.05) is 48.5 Å². The van der Waals surface area contributed by atoms with Crippen LogP contribution in [0.3, 0.4) is 0 Å². The summed E-state index contributed by atoms with van der Waals surface area (Å²) in [7, 11) is 1.55. The van der Waals surface area contributed by atoms with Crippen molar-refractivity contribution in [2.24, 2.45) is 0 Å². The van der Waals surface area contributed by atoms with Crippen molar-refractivity contribution < 1.29 is 14.0 Å². The Morgan fingerprint density at radius 1 is 0.976 bits per heavy atom. The Hall–Kier alpha value is -4.09. The van der Waals surface area contributed by atoms with Gasteiger partial charge in [-0.25, -0.2) is 0 Å². The average Bonchev–Trinajstić information content (AvgIpc) is 3.46. The molecule has 3 aromatic carbocycles. The van der Waals surface area contributed by atoms with Crippen LogP contribution in [0.4, 0.5) is 0 Å². The van der Waals surface area contributed by atoms with Crippen LogP contribution in [-0.4, -0.2) is 24.9 Å². The average molecular weight is 590 g/mol. The summed E-state index contributed by atoms with van der Waals surface area (Å²) in [4.78, 5) is 25.5. The number of nitriles is 1. The number of carbonyl (C=O) groups excluding carboxylic acids is 2. The van der Waals surface area contributed by atoms with Crippen molar-refractivity contribution in [3.05, 3.63) is 117 Å². The molecule has 0 aliphatic carbocycles. The first kappa shape index (κ1) is 29.9. The van der Waals surface area contributed by atoms with Gasteiger partial charge in [-0.2, -0.15) is 5.26 Å². The van der Waals surface area contributed by atoms with E-state index in [2.05, 4.69) is 28.9 Å². The topological polar surface area (TPSA) is 107 Å². The maximum Gasteiger partial charge on any atom is 0.253 e. The minimum atomic E-state index is -0.487. The van der Waals surface area contributed by atoms with E-state index in [0.29, 0.717) is 34.9 Å². The van der Waals surface area contributed by atoms with Crippen LogP contribution in [0, 0.1) is 11.3 Å². The van der Waals surface area contributed by atoms with Crippen molar-refractivity contribution in [3.63, 3.8) is 0 Å². The minimum Gasteiger partial charge on any atom is -0.460 e. The summed E-state index contributed by atoms with van der Waals surface area (Å²) in [5, 5.41) is 19.0. The molecule has 4 rings (SSSR count). The highest BCUT2D eigenvalue weighted by molar-refractivity contribution is 6.34. The summed E-state index contributed by atoms with van der Waals surface area (Å²) in [6.45, 7) is 2.58. The minimum absolute atomic E-state index is 0.0859. The van der Waals surface area contributed by atoms with Crippen LogP contribution in [0.1, 0.15) is 52.2 Å². The molecule has 0 spiro atoms. The lowest BCUT2D eigenvalue weighted by Gasteiger charge is -2.19. The second kappa shape index (κ2) is 14.0. The molecule has 0 saturated heterocycles. The first-order valence-corrected chi connectivity index (χ1v) is 13.9. The van der Waals surface area contributed by atoms with Gasteiger partial charge >= 0.3 is 0 Å². The maximum absolute atomic E-state index is 13.3. The van der Waals surface area contributed by atoms with Gasteiger partial charge in [-0.3, -0.25) is 9.59 Å². The zero-order valence-electron chi connectivity index (χ0n) is 22.7. The summed E-state index contributed by atoms with van der Waals surface area (Å²) in [5.41, 5.74) is 3.52. The van der Waals surface area contributed by atoms with Crippen molar-refractivity contribution in [3.8, 4) is 17.4 Å². The summed E-state index contributed by atoms with van der Waals surface area (Å²) in [6, 6.07) is 25.3. The van der Waals surface area contributed by atoms with E-state index in [1.165, 1.54) is 0 Å². The third-order valence-electron chi connectivity index (χ3n) is 6.72. The van der Waals surface area contributed by atoms with Gasteiger partial charge < -0.3 is 20.4 Å². The smallest absolute Gasteiger partial charge is 0.253 e. The lowest BCUT2D eigenvalue weighted by atomic mass is 10.0. The van der Waals surface area contributed by atoms with Gasteiger partial charge in [-0.15, -0.1) is 0 Å². The number of amides is 2. The molecule has 0 saturated carbocycles. The van der Waals surface area contributed by atoms with E-state index in [1.54, 1.807) is 37.4 Å². The van der Waals surface area contributed by atoms with E-state index in [-0.39, 0.29) is 29.0 Å². The Labute approximate surface area is 249 Å². The van der Waals surface area contributed by atoms with Crippen molar-refractivity contribution in [1.82, 2.24) is 16.0 Å². The van der Waals surface area contributed by atoms with E-state index in [0.717, 1.165) is 16.9 Å². The highest BCUT2D eigenvalue weighted by Crippen LogP contribution is 2.28. The number of nitrogens with zero attached hydrogens (tertiary/aromatic N) is 1. The van der Waals surface area contributed by atoms with Crippen molar-refractivity contribution in [2.75, 3.05) is 7.05 Å². The zero-order valence-corrected chi connectivity index (χ0v) is 24.2. The van der Waals surface area contributed by atoms with Crippen LogP contribution in [0.2, 0.25) is 10.0 Å². The molecule has 0 radical (unpaired) electrons. The van der Waals surface area contributed by atoms with Gasteiger partial charge in [0.05, 0.1) is 28.8 Å². The second-order valence-electron chi connectivity index (χ2n) is 9.68. The molecule has 9 heteroatoms. The van der Waals surface area contributed by atoms with Gasteiger partial charge in [0.2, 0.25) is 5.91 Å². The molecule has 1 heterocycles. The SMILES string of the molecule is CNC(=O)CC(Cc1ccc(C#N)cc1)NC(=O)c1cc(-c2ccc(CNC(C)c3ccc(Cl)cc3)o2)ccc1Cl.